The molecule has 1 aromatic rings. The Kier molecular flexibility index (Phi) is 4.97. The van der Waals surface area contributed by atoms with E-state index in [-0.39, 0.29) is 5.82 Å². The molecule has 0 aliphatic carbocycles. The minimum atomic E-state index is -0.0547. The lowest BCUT2D eigenvalue weighted by molar-refractivity contribution is 0.560. The summed E-state index contributed by atoms with van der Waals surface area (Å²) in [4.78, 5) is 0.465. The van der Waals surface area contributed by atoms with Crippen LogP contribution in [-0.2, 0) is 6.42 Å². The molecule has 0 N–H and O–H groups in total. The van der Waals surface area contributed by atoms with Gasteiger partial charge in [-0.3, -0.25) is 0 Å². The summed E-state index contributed by atoms with van der Waals surface area (Å²) in [6.07, 6.45) is 1.80. The maximum atomic E-state index is 13.7. The second-order valence-electron chi connectivity index (χ2n) is 4.84. The number of aryl methyl sites for hydroxylation is 2. The molecule has 0 aromatic heterocycles. The molecule has 1 aromatic carbocycles. The first-order chi connectivity index (χ1) is 7.41. The van der Waals surface area contributed by atoms with Gasteiger partial charge in [-0.25, -0.2) is 4.39 Å². The average Bonchev–Trinajstić information content (AvgIpc) is 2.15. The van der Waals surface area contributed by atoms with Crippen LogP contribution in [0.15, 0.2) is 12.1 Å². The second-order valence-corrected chi connectivity index (χ2v) is 6.02. The lowest BCUT2D eigenvalue weighted by atomic mass is 9.97. The first-order valence-corrected chi connectivity index (χ1v) is 6.73. The minimum absolute atomic E-state index is 0.0547. The zero-order chi connectivity index (χ0) is 12.3. The van der Waals surface area contributed by atoms with Gasteiger partial charge < -0.3 is 0 Å². The van der Waals surface area contributed by atoms with Crippen molar-refractivity contribution in [1.29, 1.82) is 0 Å². The summed E-state index contributed by atoms with van der Waals surface area (Å²) in [6.45, 7) is 8.28. The van der Waals surface area contributed by atoms with Crippen LogP contribution in [0.4, 0.5) is 4.39 Å². The first kappa shape index (κ1) is 13.7. The fourth-order valence-electron chi connectivity index (χ4n) is 1.88. The highest BCUT2D eigenvalue weighted by Gasteiger charge is 2.12. The summed E-state index contributed by atoms with van der Waals surface area (Å²) in [5.41, 5.74) is 2.94. The van der Waals surface area contributed by atoms with Crippen LogP contribution in [0.3, 0.4) is 0 Å². The Balaban J connectivity index is 2.74. The van der Waals surface area contributed by atoms with E-state index in [1.54, 1.807) is 6.07 Å². The van der Waals surface area contributed by atoms with E-state index in [0.29, 0.717) is 10.7 Å². The van der Waals surface area contributed by atoms with E-state index in [9.17, 15) is 4.39 Å². The fraction of sp³-hybridized carbons (Fsp3) is 0.571. The Labute approximate surface area is 106 Å². The Morgan fingerprint density at radius 3 is 2.38 bits per heavy atom. The van der Waals surface area contributed by atoms with Gasteiger partial charge in [0.1, 0.15) is 5.82 Å². The summed E-state index contributed by atoms with van der Waals surface area (Å²) in [5, 5.41) is 0. The molecule has 16 heavy (non-hydrogen) atoms. The molecule has 0 aliphatic heterocycles. The van der Waals surface area contributed by atoms with Crippen LogP contribution < -0.4 is 0 Å². The van der Waals surface area contributed by atoms with Gasteiger partial charge in [-0.05, 0) is 55.4 Å². The summed E-state index contributed by atoms with van der Waals surface area (Å²) in [7, 11) is 0. The van der Waals surface area contributed by atoms with E-state index in [1.165, 1.54) is 0 Å². The molecule has 0 bridgehead atoms. The summed E-state index contributed by atoms with van der Waals surface area (Å²) in [5.74, 6) is 0.537. The normalized spacial score (nSPS) is 13.2. The lowest BCUT2D eigenvalue weighted by Crippen LogP contribution is -2.09. The standard InChI is InChI=1S/C14H20BrF/c1-9(2)13(15)6-5-12-11(4)7-10(3)8-14(12)16/h7-9,13H,5-6H2,1-4H3. The molecular formula is C14H20BrF. The topological polar surface area (TPSA) is 0 Å². The number of rotatable bonds is 4. The molecule has 1 unspecified atom stereocenters. The maximum Gasteiger partial charge on any atom is 0.126 e. The Hall–Kier alpha value is -0.370. The number of hydrogen-bond acceptors (Lipinski definition) is 0. The second kappa shape index (κ2) is 5.81. The van der Waals surface area contributed by atoms with Crippen LogP contribution in [0.25, 0.3) is 0 Å². The average molecular weight is 287 g/mol. The third-order valence-electron chi connectivity index (χ3n) is 2.96. The molecule has 0 saturated heterocycles. The molecule has 0 spiro atoms. The SMILES string of the molecule is Cc1cc(C)c(CCC(Br)C(C)C)c(F)c1. The number of alkyl halides is 1. The van der Waals surface area contributed by atoms with Gasteiger partial charge in [-0.15, -0.1) is 0 Å². The largest absolute Gasteiger partial charge is 0.207 e. The van der Waals surface area contributed by atoms with Gasteiger partial charge in [0, 0.05) is 4.83 Å². The summed E-state index contributed by atoms with van der Waals surface area (Å²) >= 11 is 3.64. The van der Waals surface area contributed by atoms with Crippen molar-refractivity contribution in [3.8, 4) is 0 Å². The van der Waals surface area contributed by atoms with Crippen LogP contribution >= 0.6 is 15.9 Å². The fourth-order valence-corrected chi connectivity index (χ4v) is 2.11. The quantitative estimate of drug-likeness (QED) is 0.698. The smallest absolute Gasteiger partial charge is 0.126 e. The van der Waals surface area contributed by atoms with Gasteiger partial charge in [0.05, 0.1) is 0 Å². The number of halogens is 2. The van der Waals surface area contributed by atoms with Crippen molar-refractivity contribution in [2.75, 3.05) is 0 Å². The van der Waals surface area contributed by atoms with Gasteiger partial charge in [0.25, 0.3) is 0 Å². The summed E-state index contributed by atoms with van der Waals surface area (Å²) < 4.78 is 13.7. The molecule has 0 heterocycles. The van der Waals surface area contributed by atoms with Crippen molar-refractivity contribution in [3.05, 3.63) is 34.6 Å². The van der Waals surface area contributed by atoms with Crippen LogP contribution in [0.5, 0.6) is 0 Å². The monoisotopic (exact) mass is 286 g/mol. The van der Waals surface area contributed by atoms with Crippen molar-refractivity contribution in [1.82, 2.24) is 0 Å². The van der Waals surface area contributed by atoms with Crippen molar-refractivity contribution >= 4 is 15.9 Å². The summed E-state index contributed by atoms with van der Waals surface area (Å²) in [6, 6.07) is 3.68. The van der Waals surface area contributed by atoms with Crippen molar-refractivity contribution in [2.24, 2.45) is 5.92 Å². The van der Waals surface area contributed by atoms with Crippen LogP contribution in [0.2, 0.25) is 0 Å². The molecule has 0 saturated carbocycles. The molecule has 0 radical (unpaired) electrons. The highest BCUT2D eigenvalue weighted by atomic mass is 79.9. The predicted octanol–water partition coefficient (Wildman–Crippen LogP) is 4.79. The molecule has 1 atom stereocenters. The van der Waals surface area contributed by atoms with Crippen molar-refractivity contribution < 1.29 is 4.39 Å². The number of hydrogen-bond donors (Lipinski definition) is 0. The Morgan fingerprint density at radius 2 is 1.88 bits per heavy atom. The number of benzene rings is 1. The molecule has 2 heteroatoms. The molecule has 90 valence electrons. The molecule has 0 aliphatic rings. The zero-order valence-corrected chi connectivity index (χ0v) is 12.1. The van der Waals surface area contributed by atoms with E-state index >= 15 is 0 Å². The molecule has 0 fully saturated rings. The van der Waals surface area contributed by atoms with Crippen LogP contribution in [-0.4, -0.2) is 4.83 Å². The third-order valence-corrected chi connectivity index (χ3v) is 4.47. The highest BCUT2D eigenvalue weighted by Crippen LogP contribution is 2.22. The Morgan fingerprint density at radius 1 is 1.25 bits per heavy atom. The zero-order valence-electron chi connectivity index (χ0n) is 10.5. The molecule has 1 rings (SSSR count). The van der Waals surface area contributed by atoms with Gasteiger partial charge >= 0.3 is 0 Å². The highest BCUT2D eigenvalue weighted by molar-refractivity contribution is 9.09. The molecule has 0 nitrogen and oxygen atoms in total. The van der Waals surface area contributed by atoms with E-state index in [1.807, 2.05) is 13.8 Å². The molecule has 0 amide bonds. The van der Waals surface area contributed by atoms with Crippen LogP contribution in [0.1, 0.15) is 37.0 Å². The van der Waals surface area contributed by atoms with Gasteiger partial charge in [-0.1, -0.05) is 35.8 Å². The van der Waals surface area contributed by atoms with Gasteiger partial charge in [0.2, 0.25) is 0 Å². The van der Waals surface area contributed by atoms with Gasteiger partial charge in [-0.2, -0.15) is 0 Å². The predicted molar refractivity (Wildman–Crippen MR) is 71.7 cm³/mol. The lowest BCUT2D eigenvalue weighted by Gasteiger charge is -2.15. The van der Waals surface area contributed by atoms with Crippen molar-refractivity contribution in [2.45, 2.75) is 45.4 Å². The first-order valence-electron chi connectivity index (χ1n) is 5.81. The van der Waals surface area contributed by atoms with E-state index in [4.69, 9.17) is 0 Å². The van der Waals surface area contributed by atoms with Crippen molar-refractivity contribution in [3.63, 3.8) is 0 Å². The molecular weight excluding hydrogens is 267 g/mol. The third kappa shape index (κ3) is 3.58. The Bertz CT molecular complexity index is 335. The van der Waals surface area contributed by atoms with Crippen LogP contribution in [0, 0.1) is 25.6 Å². The maximum absolute atomic E-state index is 13.7. The minimum Gasteiger partial charge on any atom is -0.207 e. The van der Waals surface area contributed by atoms with E-state index in [0.717, 1.165) is 29.5 Å². The van der Waals surface area contributed by atoms with E-state index < -0.39 is 0 Å². The van der Waals surface area contributed by atoms with Gasteiger partial charge in [0.15, 0.2) is 0 Å². The van der Waals surface area contributed by atoms with E-state index in [2.05, 4.69) is 35.8 Å².